The van der Waals surface area contributed by atoms with Crippen molar-refractivity contribution in [2.75, 3.05) is 5.32 Å². The SMILES string of the molecule is CC(C)n1c(=O)sc2cc(NC(=O)[C@@H](C)Oc3ccccc3Cl)ccc21. The molecule has 0 fully saturated rings. The van der Waals surface area contributed by atoms with Crippen LogP contribution in [0.5, 0.6) is 5.75 Å². The van der Waals surface area contributed by atoms with Crippen LogP contribution in [0.4, 0.5) is 5.69 Å². The summed E-state index contributed by atoms with van der Waals surface area (Å²) in [7, 11) is 0. The van der Waals surface area contributed by atoms with E-state index in [1.807, 2.05) is 19.9 Å². The van der Waals surface area contributed by atoms with Gasteiger partial charge in [0.15, 0.2) is 6.10 Å². The van der Waals surface area contributed by atoms with Crippen LogP contribution < -0.4 is 14.9 Å². The molecule has 0 aliphatic carbocycles. The molecule has 3 aromatic rings. The number of anilines is 1. The van der Waals surface area contributed by atoms with E-state index in [1.54, 1.807) is 47.9 Å². The van der Waals surface area contributed by atoms with Gasteiger partial charge < -0.3 is 10.1 Å². The van der Waals surface area contributed by atoms with Crippen LogP contribution in [0.1, 0.15) is 26.8 Å². The molecule has 136 valence electrons. The van der Waals surface area contributed by atoms with E-state index in [2.05, 4.69) is 5.32 Å². The first kappa shape index (κ1) is 18.5. The second-order valence-corrected chi connectivity index (χ2v) is 7.59. The minimum absolute atomic E-state index is 0.00565. The lowest BCUT2D eigenvalue weighted by Crippen LogP contribution is -2.30. The molecule has 1 heterocycles. The Labute approximate surface area is 160 Å². The number of nitrogens with one attached hydrogen (secondary N) is 1. The minimum atomic E-state index is -0.718. The number of thiazole rings is 1. The molecule has 26 heavy (non-hydrogen) atoms. The molecule has 0 radical (unpaired) electrons. The van der Waals surface area contributed by atoms with Crippen molar-refractivity contribution in [3.63, 3.8) is 0 Å². The number of halogens is 1. The van der Waals surface area contributed by atoms with Crippen LogP contribution in [0.3, 0.4) is 0 Å². The molecule has 0 unspecified atom stereocenters. The average Bonchev–Trinajstić information content (AvgIpc) is 2.92. The summed E-state index contributed by atoms with van der Waals surface area (Å²) in [5.74, 6) is 0.166. The van der Waals surface area contributed by atoms with Crippen molar-refractivity contribution in [1.29, 1.82) is 0 Å². The van der Waals surface area contributed by atoms with Gasteiger partial charge in [-0.1, -0.05) is 35.1 Å². The number of hydrogen-bond acceptors (Lipinski definition) is 4. The number of fused-ring (bicyclic) bond motifs is 1. The molecular formula is C19H19ClN2O3S. The second-order valence-electron chi connectivity index (χ2n) is 6.19. The van der Waals surface area contributed by atoms with Gasteiger partial charge in [0.05, 0.1) is 15.2 Å². The number of nitrogens with zero attached hydrogens (tertiary/aromatic N) is 1. The van der Waals surface area contributed by atoms with Gasteiger partial charge in [-0.3, -0.25) is 14.2 Å². The second kappa shape index (κ2) is 7.51. The van der Waals surface area contributed by atoms with Gasteiger partial charge in [-0.25, -0.2) is 0 Å². The quantitative estimate of drug-likeness (QED) is 0.686. The van der Waals surface area contributed by atoms with Crippen molar-refractivity contribution in [3.8, 4) is 5.75 Å². The number of ether oxygens (including phenoxy) is 1. The van der Waals surface area contributed by atoms with Gasteiger partial charge >= 0.3 is 4.87 Å². The maximum atomic E-state index is 12.4. The smallest absolute Gasteiger partial charge is 0.308 e. The monoisotopic (exact) mass is 390 g/mol. The van der Waals surface area contributed by atoms with Gasteiger partial charge in [-0.15, -0.1) is 0 Å². The summed E-state index contributed by atoms with van der Waals surface area (Å²) in [6.07, 6.45) is -0.718. The first-order valence-corrected chi connectivity index (χ1v) is 9.43. The summed E-state index contributed by atoms with van der Waals surface area (Å²) in [5, 5.41) is 3.27. The highest BCUT2D eigenvalue weighted by Gasteiger charge is 2.17. The molecule has 1 aromatic heterocycles. The average molecular weight is 391 g/mol. The Balaban J connectivity index is 1.77. The van der Waals surface area contributed by atoms with E-state index < -0.39 is 6.10 Å². The zero-order valence-corrected chi connectivity index (χ0v) is 16.2. The molecule has 0 saturated heterocycles. The van der Waals surface area contributed by atoms with Gasteiger partial charge in [0.25, 0.3) is 5.91 Å². The van der Waals surface area contributed by atoms with Gasteiger partial charge in [-0.05, 0) is 51.1 Å². The lowest BCUT2D eigenvalue weighted by Gasteiger charge is -2.15. The van der Waals surface area contributed by atoms with Crippen molar-refractivity contribution >= 4 is 44.7 Å². The minimum Gasteiger partial charge on any atom is -0.479 e. The molecule has 2 aromatic carbocycles. The molecule has 0 aliphatic heterocycles. The van der Waals surface area contributed by atoms with E-state index in [0.717, 1.165) is 10.2 Å². The van der Waals surface area contributed by atoms with E-state index in [9.17, 15) is 9.59 Å². The van der Waals surface area contributed by atoms with Crippen molar-refractivity contribution in [2.45, 2.75) is 32.9 Å². The molecule has 0 bridgehead atoms. The lowest BCUT2D eigenvalue weighted by molar-refractivity contribution is -0.122. The van der Waals surface area contributed by atoms with Crippen molar-refractivity contribution in [2.24, 2.45) is 0 Å². The molecule has 1 amide bonds. The number of aromatic nitrogens is 1. The van der Waals surface area contributed by atoms with Crippen molar-refractivity contribution in [3.05, 3.63) is 57.2 Å². The summed E-state index contributed by atoms with van der Waals surface area (Å²) >= 11 is 7.22. The summed E-state index contributed by atoms with van der Waals surface area (Å²) in [5.41, 5.74) is 1.49. The van der Waals surface area contributed by atoms with Gasteiger partial charge in [0, 0.05) is 11.7 Å². The highest BCUT2D eigenvalue weighted by atomic mass is 35.5. The summed E-state index contributed by atoms with van der Waals surface area (Å²) in [4.78, 5) is 24.5. The fourth-order valence-electron chi connectivity index (χ4n) is 2.63. The Kier molecular flexibility index (Phi) is 5.34. The summed E-state index contributed by atoms with van der Waals surface area (Å²) in [6.45, 7) is 5.60. The number of hydrogen-bond donors (Lipinski definition) is 1. The Morgan fingerprint density at radius 3 is 2.62 bits per heavy atom. The standard InChI is InChI=1S/C19H19ClN2O3S/c1-11(2)22-15-9-8-13(10-17(15)26-19(22)24)21-18(23)12(3)25-16-7-5-4-6-14(16)20/h4-12H,1-3H3,(H,21,23)/t12-/m1/s1. The normalized spacial score (nSPS) is 12.3. The van der Waals surface area contributed by atoms with Crippen LogP contribution in [0.25, 0.3) is 10.2 Å². The van der Waals surface area contributed by atoms with Gasteiger partial charge in [0.1, 0.15) is 5.75 Å². The predicted molar refractivity (Wildman–Crippen MR) is 107 cm³/mol. The molecule has 7 heteroatoms. The molecule has 3 rings (SSSR count). The van der Waals surface area contributed by atoms with E-state index >= 15 is 0 Å². The third-order valence-corrected chi connectivity index (χ3v) is 5.14. The Bertz CT molecular complexity index is 1010. The Hall–Kier alpha value is -2.31. The first-order valence-electron chi connectivity index (χ1n) is 8.24. The zero-order chi connectivity index (χ0) is 18.8. The largest absolute Gasteiger partial charge is 0.479 e. The Morgan fingerprint density at radius 1 is 1.19 bits per heavy atom. The van der Waals surface area contributed by atoms with E-state index in [-0.39, 0.29) is 16.8 Å². The number of benzene rings is 2. The van der Waals surface area contributed by atoms with Crippen LogP contribution in [-0.2, 0) is 4.79 Å². The summed E-state index contributed by atoms with van der Waals surface area (Å²) < 4.78 is 8.20. The van der Waals surface area contributed by atoms with Crippen LogP contribution in [0.15, 0.2) is 47.3 Å². The Morgan fingerprint density at radius 2 is 1.92 bits per heavy atom. The molecule has 1 atom stereocenters. The molecule has 5 nitrogen and oxygen atoms in total. The summed E-state index contributed by atoms with van der Waals surface area (Å²) in [6, 6.07) is 12.5. The highest BCUT2D eigenvalue weighted by molar-refractivity contribution is 7.16. The topological polar surface area (TPSA) is 60.3 Å². The molecule has 0 aliphatic rings. The number of amides is 1. The zero-order valence-electron chi connectivity index (χ0n) is 14.7. The van der Waals surface area contributed by atoms with Gasteiger partial charge in [0.2, 0.25) is 0 Å². The molecule has 0 saturated carbocycles. The fraction of sp³-hybridized carbons (Fsp3) is 0.263. The maximum Gasteiger partial charge on any atom is 0.308 e. The van der Waals surface area contributed by atoms with Crippen molar-refractivity contribution in [1.82, 2.24) is 4.57 Å². The maximum absolute atomic E-state index is 12.4. The highest BCUT2D eigenvalue weighted by Crippen LogP contribution is 2.26. The number of para-hydroxylation sites is 1. The predicted octanol–water partition coefficient (Wildman–Crippen LogP) is 4.70. The van der Waals surface area contributed by atoms with Crippen LogP contribution in [0, 0.1) is 0 Å². The third-order valence-electron chi connectivity index (χ3n) is 3.91. The lowest BCUT2D eigenvalue weighted by atomic mass is 10.2. The first-order chi connectivity index (χ1) is 12.4. The number of carbonyl (C=O) groups excluding carboxylic acids is 1. The fourth-order valence-corrected chi connectivity index (χ4v) is 3.86. The number of carbonyl (C=O) groups is 1. The van der Waals surface area contributed by atoms with Crippen LogP contribution in [-0.4, -0.2) is 16.6 Å². The van der Waals surface area contributed by atoms with Crippen LogP contribution >= 0.6 is 22.9 Å². The number of rotatable bonds is 5. The van der Waals surface area contributed by atoms with E-state index in [1.165, 1.54) is 11.3 Å². The molecule has 1 N–H and O–H groups in total. The van der Waals surface area contributed by atoms with E-state index in [0.29, 0.717) is 16.5 Å². The molecular weight excluding hydrogens is 372 g/mol. The van der Waals surface area contributed by atoms with Gasteiger partial charge in [-0.2, -0.15) is 0 Å². The van der Waals surface area contributed by atoms with E-state index in [4.69, 9.17) is 16.3 Å². The molecule has 0 spiro atoms. The van der Waals surface area contributed by atoms with Crippen molar-refractivity contribution < 1.29 is 9.53 Å². The third kappa shape index (κ3) is 3.76. The van der Waals surface area contributed by atoms with Crippen LogP contribution in [0.2, 0.25) is 5.02 Å².